The van der Waals surface area contributed by atoms with Crippen LogP contribution >= 0.6 is 0 Å². The molecule has 0 fully saturated rings. The number of nitriles is 2. The second-order valence-electron chi connectivity index (χ2n) is 16.8. The summed E-state index contributed by atoms with van der Waals surface area (Å²) < 4.78 is 6.87. The Bertz CT molecular complexity index is 3870. The summed E-state index contributed by atoms with van der Waals surface area (Å²) in [6.07, 6.45) is 0. The van der Waals surface area contributed by atoms with Crippen molar-refractivity contribution in [3.63, 3.8) is 0 Å². The average Bonchev–Trinajstić information content (AvgIpc) is 4.04. The molecule has 4 aromatic heterocycles. The molecule has 0 aliphatic rings. The van der Waals surface area contributed by atoms with Gasteiger partial charge in [-0.1, -0.05) is 133 Å². The van der Waals surface area contributed by atoms with Gasteiger partial charge in [-0.15, -0.1) is 0 Å². The van der Waals surface area contributed by atoms with Crippen LogP contribution in [-0.4, -0.2) is 23.7 Å². The van der Waals surface area contributed by atoms with Crippen molar-refractivity contribution in [2.45, 2.75) is 0 Å². The molecule has 0 aliphatic heterocycles. The molecule has 13 aromatic rings. The zero-order valence-corrected chi connectivity index (χ0v) is 35.8. The van der Waals surface area contributed by atoms with E-state index in [1.165, 1.54) is 21.5 Å². The number of hydrogen-bond acceptors (Lipinski definition) is 4. The lowest BCUT2D eigenvalue weighted by molar-refractivity contribution is 1.15. The topological polar surface area (TPSA) is 88.1 Å². The van der Waals surface area contributed by atoms with Crippen LogP contribution in [-0.2, 0) is 0 Å². The van der Waals surface area contributed by atoms with E-state index in [1.54, 1.807) is 0 Å². The molecule has 9 aromatic carbocycles. The van der Waals surface area contributed by atoms with Crippen LogP contribution in [0.25, 0.3) is 116 Å². The van der Waals surface area contributed by atoms with E-state index in [4.69, 9.17) is 9.97 Å². The number of para-hydroxylation sites is 4. The summed E-state index contributed by atoms with van der Waals surface area (Å²) in [5, 5.41) is 28.9. The second-order valence-corrected chi connectivity index (χ2v) is 16.8. The molecule has 4 heterocycles. The molecular formula is C60H35N7. The van der Waals surface area contributed by atoms with Crippen molar-refractivity contribution < 1.29 is 0 Å². The minimum Gasteiger partial charge on any atom is -0.309 e. The Labute approximate surface area is 384 Å². The summed E-state index contributed by atoms with van der Waals surface area (Å²) in [5.74, 6) is 0.509. The number of hydrogen-bond donors (Lipinski definition) is 0. The van der Waals surface area contributed by atoms with Gasteiger partial charge in [-0.2, -0.15) is 10.5 Å². The summed E-state index contributed by atoms with van der Waals surface area (Å²) in [5.41, 5.74) is 13.2. The zero-order valence-electron chi connectivity index (χ0n) is 35.8. The van der Waals surface area contributed by atoms with Crippen molar-refractivity contribution in [1.29, 1.82) is 10.5 Å². The van der Waals surface area contributed by atoms with E-state index in [2.05, 4.69) is 159 Å². The molecule has 0 saturated heterocycles. The molecule has 310 valence electrons. The third-order valence-corrected chi connectivity index (χ3v) is 13.1. The van der Waals surface area contributed by atoms with E-state index in [-0.39, 0.29) is 0 Å². The lowest BCUT2D eigenvalue weighted by atomic mass is 9.96. The van der Waals surface area contributed by atoms with Crippen LogP contribution < -0.4 is 0 Å². The quantitative estimate of drug-likeness (QED) is 0.167. The number of fused-ring (bicyclic) bond motifs is 9. The van der Waals surface area contributed by atoms with Gasteiger partial charge in [0.05, 0.1) is 67.8 Å². The largest absolute Gasteiger partial charge is 0.309 e. The summed E-state index contributed by atoms with van der Waals surface area (Å²) in [6, 6.07) is 77.8. The molecular weight excluding hydrogens is 819 g/mol. The van der Waals surface area contributed by atoms with Gasteiger partial charge in [0.1, 0.15) is 0 Å². The van der Waals surface area contributed by atoms with E-state index >= 15 is 0 Å². The molecule has 0 amide bonds. The lowest BCUT2D eigenvalue weighted by Gasteiger charge is -2.15. The third kappa shape index (κ3) is 5.90. The highest BCUT2D eigenvalue weighted by Crippen LogP contribution is 2.41. The Morgan fingerprint density at radius 1 is 0.313 bits per heavy atom. The highest BCUT2D eigenvalue weighted by molar-refractivity contribution is 6.14. The Morgan fingerprint density at radius 2 is 0.687 bits per heavy atom. The number of aromatic nitrogens is 5. The second kappa shape index (κ2) is 15.0. The predicted octanol–water partition coefficient (Wildman–Crippen LogP) is 14.5. The lowest BCUT2D eigenvalue weighted by Crippen LogP contribution is -2.02. The molecule has 13 rings (SSSR count). The summed E-state index contributed by atoms with van der Waals surface area (Å²) in [4.78, 5) is 10.0. The molecule has 7 nitrogen and oxygen atoms in total. The Balaban J connectivity index is 1.07. The highest BCUT2D eigenvalue weighted by atomic mass is 15.0. The monoisotopic (exact) mass is 853 g/mol. The van der Waals surface area contributed by atoms with Crippen LogP contribution in [0.3, 0.4) is 0 Å². The van der Waals surface area contributed by atoms with E-state index in [0.717, 1.165) is 66.4 Å². The highest BCUT2D eigenvalue weighted by Gasteiger charge is 2.23. The van der Waals surface area contributed by atoms with E-state index < -0.39 is 0 Å². The minimum atomic E-state index is 0.338. The first-order valence-electron chi connectivity index (χ1n) is 22.2. The fourth-order valence-corrected chi connectivity index (χ4v) is 10.2. The standard InChI is InChI=1S/C60H35N7/c61-36-40-31-44(32-41(37-62)59(40)52-35-51(38-15-3-1-4-16-38)63-60(64-52)39-17-5-2-6-18-39)67-57-29-27-42(65-53-23-11-7-19-45(53)46-20-8-12-24-54(46)65)33-49(57)50-34-43(28-30-58(50)67)66-55-25-13-9-21-47(55)48-22-10-14-26-56(48)66/h1-35H. The normalized spacial score (nSPS) is 11.6. The van der Waals surface area contributed by atoms with Crippen LogP contribution in [0.15, 0.2) is 212 Å². The van der Waals surface area contributed by atoms with Crippen molar-refractivity contribution in [2.75, 3.05) is 0 Å². The molecule has 0 aliphatic carbocycles. The van der Waals surface area contributed by atoms with Gasteiger partial charge >= 0.3 is 0 Å². The van der Waals surface area contributed by atoms with Crippen molar-refractivity contribution in [3.8, 4) is 63.1 Å². The van der Waals surface area contributed by atoms with Gasteiger partial charge in [-0.05, 0) is 78.9 Å². The predicted molar refractivity (Wildman–Crippen MR) is 271 cm³/mol. The third-order valence-electron chi connectivity index (χ3n) is 13.1. The molecule has 67 heavy (non-hydrogen) atoms. The molecule has 0 atom stereocenters. The smallest absolute Gasteiger partial charge is 0.160 e. The first-order chi connectivity index (χ1) is 33.1. The van der Waals surface area contributed by atoms with E-state index in [0.29, 0.717) is 39.6 Å². The molecule has 0 radical (unpaired) electrons. The fraction of sp³-hybridized carbons (Fsp3) is 0. The first-order valence-corrected chi connectivity index (χ1v) is 22.2. The van der Waals surface area contributed by atoms with Gasteiger partial charge in [-0.25, -0.2) is 9.97 Å². The van der Waals surface area contributed by atoms with Crippen molar-refractivity contribution >= 4 is 65.4 Å². The molecule has 0 spiro atoms. The van der Waals surface area contributed by atoms with Gasteiger partial charge in [0.25, 0.3) is 0 Å². The zero-order chi connectivity index (χ0) is 44.6. The fourth-order valence-electron chi connectivity index (χ4n) is 10.2. The van der Waals surface area contributed by atoms with Crippen LogP contribution in [0.1, 0.15) is 11.1 Å². The van der Waals surface area contributed by atoms with Gasteiger partial charge in [0, 0.05) is 66.1 Å². The Kier molecular flexibility index (Phi) is 8.51. The number of rotatable bonds is 6. The Hall–Kier alpha value is -9.56. The van der Waals surface area contributed by atoms with Crippen molar-refractivity contribution in [1.82, 2.24) is 23.7 Å². The van der Waals surface area contributed by atoms with Crippen LogP contribution in [0, 0.1) is 22.7 Å². The van der Waals surface area contributed by atoms with Gasteiger partial charge < -0.3 is 13.7 Å². The van der Waals surface area contributed by atoms with Gasteiger partial charge in [-0.3, -0.25) is 0 Å². The van der Waals surface area contributed by atoms with Crippen LogP contribution in [0.4, 0.5) is 0 Å². The van der Waals surface area contributed by atoms with Crippen molar-refractivity contribution in [2.24, 2.45) is 0 Å². The summed E-state index contributed by atoms with van der Waals surface area (Å²) >= 11 is 0. The maximum atomic E-state index is 11.0. The van der Waals surface area contributed by atoms with E-state index in [9.17, 15) is 10.5 Å². The van der Waals surface area contributed by atoms with Gasteiger partial charge in [0.15, 0.2) is 5.82 Å². The van der Waals surface area contributed by atoms with Crippen LogP contribution in [0.2, 0.25) is 0 Å². The molecule has 0 bridgehead atoms. The maximum absolute atomic E-state index is 11.0. The maximum Gasteiger partial charge on any atom is 0.160 e. The summed E-state index contributed by atoms with van der Waals surface area (Å²) in [6.45, 7) is 0. The summed E-state index contributed by atoms with van der Waals surface area (Å²) in [7, 11) is 0. The number of benzene rings is 9. The van der Waals surface area contributed by atoms with E-state index in [1.807, 2.05) is 78.9 Å². The first kappa shape index (κ1) is 37.9. The van der Waals surface area contributed by atoms with Crippen LogP contribution in [0.5, 0.6) is 0 Å². The number of nitrogens with zero attached hydrogens (tertiary/aromatic N) is 7. The van der Waals surface area contributed by atoms with Crippen molar-refractivity contribution in [3.05, 3.63) is 223 Å². The van der Waals surface area contributed by atoms with Gasteiger partial charge in [0.2, 0.25) is 0 Å². The molecule has 0 saturated carbocycles. The minimum absolute atomic E-state index is 0.338. The SMILES string of the molecule is N#Cc1cc(-n2c3ccc(-n4c5ccccc5c5ccccc54)cc3c3cc(-n4c5ccccc5c5ccccc54)ccc32)cc(C#N)c1-c1cc(-c2ccccc2)nc(-c2ccccc2)n1. The average molecular weight is 854 g/mol. The molecule has 0 N–H and O–H groups in total. The Morgan fingerprint density at radius 3 is 1.13 bits per heavy atom. The molecule has 7 heteroatoms. The molecule has 0 unspecified atom stereocenters.